The van der Waals surface area contributed by atoms with Crippen LogP contribution in [0, 0.1) is 0 Å². The second-order valence-corrected chi connectivity index (χ2v) is 19.7. The van der Waals surface area contributed by atoms with Gasteiger partial charge in [0, 0.05) is 74.3 Å². The topological polar surface area (TPSA) is 61.8 Å². The Morgan fingerprint density at radius 3 is 1.12 bits per heavy atom. The Morgan fingerprint density at radius 2 is 0.821 bits per heavy atom. The van der Waals surface area contributed by atoms with Crippen molar-refractivity contribution in [2.24, 2.45) is 11.5 Å². The molecular weight excluding hydrogens is 1300 g/mol. The molecule has 0 aliphatic carbocycles. The fourth-order valence-electron chi connectivity index (χ4n) is 3.82. The van der Waals surface area contributed by atoms with Crippen LogP contribution in [0.4, 0.5) is 149 Å². The minimum atomic E-state index is -7.54. The fourth-order valence-corrected chi connectivity index (χ4v) is 9.83. The van der Waals surface area contributed by atoms with Gasteiger partial charge in [0.15, 0.2) is 20.0 Å². The third-order valence-electron chi connectivity index (χ3n) is 8.02. The van der Waals surface area contributed by atoms with Crippen molar-refractivity contribution in [1.82, 2.24) is 11.7 Å². The molecule has 0 aromatic carbocycles. The van der Waals surface area contributed by atoms with Crippen molar-refractivity contribution in [3.63, 3.8) is 0 Å². The molecule has 0 saturated heterocycles. The standard InChI is InChI=1S/C20H25F16N5S6.C6H2F12.C3H2F6.2C2H6/c1-4-44-12(39(42-2)8-6-15(24,25)17(28,29)18(30,31)19(32,33)20(34,35)36)10(37)45-41-46-11(38)13(47-41)40(43-3)7-5-14(22,23)16(26,27)9-21;7-1-2(8,9)3(10,11)4(12,13)5(14,15)6(16,17)18;4-1-2(5,6)3(7,8)9;2*1-2/h4-9,37-38H2,1-3H3;1H2;1H2;2*1-2H3/b12-10-;;;;. The van der Waals surface area contributed by atoms with Crippen LogP contribution in [-0.4, -0.2) is 147 Å². The average molecular weight is 1350 g/mol. The first-order valence-electron chi connectivity index (χ1n) is 19.6. The summed E-state index contributed by atoms with van der Waals surface area (Å²) < 4.78 is 426. The Morgan fingerprint density at radius 1 is 0.462 bits per heavy atom. The molecule has 4 N–H and O–H groups in total. The molecule has 45 heteroatoms. The number of hydrogen-bond acceptors (Lipinski definition) is 11. The van der Waals surface area contributed by atoms with E-state index in [9.17, 15) is 149 Å². The van der Waals surface area contributed by atoms with Gasteiger partial charge in [0.2, 0.25) is 0 Å². The zero-order valence-electron chi connectivity index (χ0n) is 39.5. The van der Waals surface area contributed by atoms with Gasteiger partial charge in [0.1, 0.15) is 20.1 Å². The quantitative estimate of drug-likeness (QED) is 0.0718. The van der Waals surface area contributed by atoms with Crippen LogP contribution >= 0.6 is 71.5 Å². The van der Waals surface area contributed by atoms with Gasteiger partial charge in [0.05, 0.1) is 0 Å². The zero-order chi connectivity index (χ0) is 63.9. The lowest BCUT2D eigenvalue weighted by molar-refractivity contribution is -0.422. The van der Waals surface area contributed by atoms with Crippen LogP contribution in [0.25, 0.3) is 0 Å². The van der Waals surface area contributed by atoms with Crippen LogP contribution in [0.5, 0.6) is 0 Å². The number of nitrogens with two attached hydrogens (primary N) is 2. The van der Waals surface area contributed by atoms with E-state index in [0.717, 1.165) is 56.2 Å². The molecule has 0 aromatic heterocycles. The van der Waals surface area contributed by atoms with E-state index in [1.807, 2.05) is 27.7 Å². The number of halogens is 34. The Hall–Kier alpha value is -1.64. The van der Waals surface area contributed by atoms with Gasteiger partial charge in [-0.25, -0.2) is 13.2 Å². The lowest BCUT2D eigenvalue weighted by Gasteiger charge is -2.38. The van der Waals surface area contributed by atoms with Gasteiger partial charge in [-0.15, -0.1) is 14.9 Å². The summed E-state index contributed by atoms with van der Waals surface area (Å²) in [5.74, 6) is -71.6. The summed E-state index contributed by atoms with van der Waals surface area (Å²) >= 11 is 4.16. The normalized spacial score (nSPS) is 15.7. The summed E-state index contributed by atoms with van der Waals surface area (Å²) in [5, 5.41) is -0.462. The number of alkyl halides is 34. The molecule has 0 spiro atoms. The Bertz CT molecular complexity index is 1840. The maximum absolute atomic E-state index is 14.3. The summed E-state index contributed by atoms with van der Waals surface area (Å²) in [4.78, 5) is 0. The van der Waals surface area contributed by atoms with Gasteiger partial charge in [-0.1, -0.05) is 58.5 Å². The van der Waals surface area contributed by atoms with Crippen molar-refractivity contribution in [2.45, 2.75) is 131 Å². The molecule has 78 heavy (non-hydrogen) atoms. The van der Waals surface area contributed by atoms with Crippen molar-refractivity contribution in [2.75, 3.05) is 51.4 Å². The summed E-state index contributed by atoms with van der Waals surface area (Å²) in [6, 6.07) is 0. The molecule has 0 atom stereocenters. The Kier molecular flexibility index (Phi) is 32.1. The molecule has 1 rings (SSSR count). The third-order valence-corrected chi connectivity index (χ3v) is 14.3. The first kappa shape index (κ1) is 82.8. The monoisotopic (exact) mass is 1350 g/mol. The fraction of sp³-hybridized carbons (Fsp3) is 0.879. The maximum Gasteiger partial charge on any atom is 0.460 e. The van der Waals surface area contributed by atoms with Crippen molar-refractivity contribution in [3.8, 4) is 0 Å². The van der Waals surface area contributed by atoms with Crippen molar-refractivity contribution >= 4 is 71.5 Å². The number of thioether (sulfide) groups is 1. The molecule has 1 aliphatic rings. The Balaban J connectivity index is -0.000000718. The lowest BCUT2D eigenvalue weighted by Crippen LogP contribution is -2.66. The van der Waals surface area contributed by atoms with Crippen molar-refractivity contribution in [3.05, 3.63) is 20.1 Å². The van der Waals surface area contributed by atoms with Gasteiger partial charge in [-0.05, 0) is 5.75 Å². The first-order chi connectivity index (χ1) is 34.5. The van der Waals surface area contributed by atoms with E-state index in [-0.39, 0.29) is 25.9 Å². The highest BCUT2D eigenvalue weighted by atomic mass is 32.3. The van der Waals surface area contributed by atoms with Gasteiger partial charge in [-0.2, -0.15) is 136 Å². The van der Waals surface area contributed by atoms with Gasteiger partial charge in [0.25, 0.3) is 0 Å². The number of hydrogen-bond donors (Lipinski definition) is 2. The highest BCUT2D eigenvalue weighted by Gasteiger charge is 2.88. The Labute approximate surface area is 445 Å². The third kappa shape index (κ3) is 19.2. The second kappa shape index (κ2) is 30.3. The van der Waals surface area contributed by atoms with Crippen molar-refractivity contribution < 1.29 is 149 Å². The smallest absolute Gasteiger partial charge is 0.390 e. The molecule has 0 radical (unpaired) electrons. The maximum atomic E-state index is 14.3. The molecule has 0 saturated carbocycles. The average Bonchev–Trinajstić information content (AvgIpc) is 3.67. The largest absolute Gasteiger partial charge is 0.460 e. The van der Waals surface area contributed by atoms with Crippen LogP contribution in [0.1, 0.15) is 47.5 Å². The molecule has 0 aromatic rings. The van der Waals surface area contributed by atoms with Gasteiger partial charge in [-0.3, -0.25) is 0 Å². The molecule has 5 nitrogen and oxygen atoms in total. The molecule has 1 heterocycles. The van der Waals surface area contributed by atoms with E-state index >= 15 is 0 Å². The highest BCUT2D eigenvalue weighted by molar-refractivity contribution is 8.31. The van der Waals surface area contributed by atoms with E-state index in [1.54, 1.807) is 0 Å². The second-order valence-electron chi connectivity index (χ2n) is 13.2. The highest BCUT2D eigenvalue weighted by Crippen LogP contribution is 2.60. The number of nitrogens with zero attached hydrogens (tertiary/aromatic N) is 3. The predicted octanol–water partition coefficient (Wildman–Crippen LogP) is 17.7. The van der Waals surface area contributed by atoms with Crippen LogP contribution < -0.4 is 11.5 Å². The van der Waals surface area contributed by atoms with Crippen LogP contribution in [0.15, 0.2) is 20.1 Å². The molecule has 0 bridgehead atoms. The van der Waals surface area contributed by atoms with Crippen molar-refractivity contribution in [1.29, 1.82) is 0 Å². The van der Waals surface area contributed by atoms with E-state index < -0.39 is 130 Å². The van der Waals surface area contributed by atoms with E-state index in [0.29, 0.717) is 23.9 Å². The van der Waals surface area contributed by atoms with E-state index in [1.165, 1.54) is 22.6 Å². The molecule has 0 fully saturated rings. The summed E-state index contributed by atoms with van der Waals surface area (Å²) in [6.07, 6.45) is -21.5. The van der Waals surface area contributed by atoms with Crippen LogP contribution in [0.2, 0.25) is 0 Å². The van der Waals surface area contributed by atoms with E-state index in [4.69, 9.17) is 11.5 Å². The molecular formula is C33H41F34N5S6. The van der Waals surface area contributed by atoms with E-state index in [2.05, 4.69) is 0 Å². The van der Waals surface area contributed by atoms with Gasteiger partial charge < -0.3 is 20.1 Å². The summed E-state index contributed by atoms with van der Waals surface area (Å²) in [6.45, 7) is -1.37. The van der Waals surface area contributed by atoms with Gasteiger partial charge >= 0.3 is 83.7 Å². The zero-order valence-corrected chi connectivity index (χ0v) is 44.4. The molecule has 0 amide bonds. The van der Waals surface area contributed by atoms with Crippen LogP contribution in [0.3, 0.4) is 0 Å². The summed E-state index contributed by atoms with van der Waals surface area (Å²) in [7, 11) is 0. The minimum absolute atomic E-state index is 0.0482. The molecule has 0 unspecified atom stereocenters. The first-order valence-corrected chi connectivity index (χ1v) is 25.3. The molecule has 472 valence electrons. The summed E-state index contributed by atoms with van der Waals surface area (Å²) in [5.41, 5.74) is 12.0. The predicted molar refractivity (Wildman–Crippen MR) is 228 cm³/mol. The SMILES string of the molecule is CC.CC.CCS/C(=C(/N)SN1SC(N)=C(N(CCC(F)(F)C(F)(F)CF)SC)S1)N(CCC(F)(F)C(F)(F)C(F)(F)C(F)(F)C(F)(F)F)SC.FCC(F)(F)C(F)(F)C(F)(F)C(F)(F)C(F)(F)F.FCC(F)(F)C(F)(F)F. The minimum Gasteiger partial charge on any atom is -0.390 e. The lowest BCUT2D eigenvalue weighted by atomic mass is 9.96. The molecule has 1 aliphatic heterocycles. The van der Waals surface area contributed by atoms with Crippen LogP contribution in [-0.2, 0) is 0 Å². The number of rotatable bonds is 24.